The van der Waals surface area contributed by atoms with Crippen molar-refractivity contribution in [2.75, 3.05) is 0 Å². The second kappa shape index (κ2) is 6.59. The summed E-state index contributed by atoms with van der Waals surface area (Å²) in [6, 6.07) is 0. The molecule has 0 aliphatic carbocycles. The number of hydrogen-bond donors (Lipinski definition) is 1. The lowest BCUT2D eigenvalue weighted by Crippen LogP contribution is -2.54. The van der Waals surface area contributed by atoms with E-state index < -0.39 is 23.2 Å². The maximum atomic E-state index is 12.0. The molecular formula is C14H25NO4. The van der Waals surface area contributed by atoms with Crippen LogP contribution in [0.2, 0.25) is 0 Å². The standard InChI is InChI=1S/C14H25NO4/c1-8-9-14(7,11(16)18-10(2)3)15-12(17)19-13(4,5)6/h8,10H,1,9H2,2-7H3,(H,15,17)/t14-/m0/s1. The fraction of sp³-hybridized carbons (Fsp3) is 0.714. The Bertz CT molecular complexity index is 344. The zero-order valence-electron chi connectivity index (χ0n) is 12.7. The number of esters is 1. The molecule has 0 bridgehead atoms. The van der Waals surface area contributed by atoms with Gasteiger partial charge in [-0.15, -0.1) is 6.58 Å². The number of hydrogen-bond acceptors (Lipinski definition) is 4. The quantitative estimate of drug-likeness (QED) is 0.617. The molecule has 5 nitrogen and oxygen atoms in total. The molecule has 0 spiro atoms. The molecule has 0 aromatic heterocycles. The normalized spacial score (nSPS) is 14.5. The molecule has 0 aliphatic rings. The third-order valence-corrected chi connectivity index (χ3v) is 2.12. The first kappa shape index (κ1) is 17.5. The molecule has 0 saturated heterocycles. The Morgan fingerprint density at radius 3 is 2.16 bits per heavy atom. The minimum Gasteiger partial charge on any atom is -0.461 e. The van der Waals surface area contributed by atoms with E-state index in [9.17, 15) is 9.59 Å². The van der Waals surface area contributed by atoms with Gasteiger partial charge in [0.2, 0.25) is 0 Å². The summed E-state index contributed by atoms with van der Waals surface area (Å²) in [5.41, 5.74) is -1.80. The number of alkyl carbamates (subject to hydrolysis) is 1. The lowest BCUT2D eigenvalue weighted by atomic mass is 9.98. The van der Waals surface area contributed by atoms with Gasteiger partial charge in [0.05, 0.1) is 6.10 Å². The molecule has 0 rings (SSSR count). The third-order valence-electron chi connectivity index (χ3n) is 2.12. The average Bonchev–Trinajstić information content (AvgIpc) is 2.12. The van der Waals surface area contributed by atoms with Gasteiger partial charge in [-0.05, 0) is 48.0 Å². The van der Waals surface area contributed by atoms with Crippen LogP contribution in [0.15, 0.2) is 12.7 Å². The predicted molar refractivity (Wildman–Crippen MR) is 73.8 cm³/mol. The van der Waals surface area contributed by atoms with Crippen molar-refractivity contribution in [3.05, 3.63) is 12.7 Å². The van der Waals surface area contributed by atoms with Gasteiger partial charge in [0.25, 0.3) is 0 Å². The van der Waals surface area contributed by atoms with E-state index in [0.717, 1.165) is 0 Å². The van der Waals surface area contributed by atoms with E-state index >= 15 is 0 Å². The molecule has 0 fully saturated rings. The lowest BCUT2D eigenvalue weighted by Gasteiger charge is -2.30. The van der Waals surface area contributed by atoms with Crippen LogP contribution < -0.4 is 5.32 Å². The molecule has 0 radical (unpaired) electrons. The van der Waals surface area contributed by atoms with Crippen molar-refractivity contribution in [3.63, 3.8) is 0 Å². The van der Waals surface area contributed by atoms with Crippen molar-refractivity contribution in [2.45, 2.75) is 65.2 Å². The molecule has 19 heavy (non-hydrogen) atoms. The Balaban J connectivity index is 4.84. The van der Waals surface area contributed by atoms with Crippen molar-refractivity contribution in [1.29, 1.82) is 0 Å². The minimum absolute atomic E-state index is 0.253. The summed E-state index contributed by atoms with van der Waals surface area (Å²) in [4.78, 5) is 23.8. The maximum absolute atomic E-state index is 12.0. The van der Waals surface area contributed by atoms with Crippen LogP contribution in [0.25, 0.3) is 0 Å². The first-order valence-corrected chi connectivity index (χ1v) is 6.33. The van der Waals surface area contributed by atoms with Gasteiger partial charge >= 0.3 is 12.1 Å². The largest absolute Gasteiger partial charge is 0.461 e. The fourth-order valence-corrected chi connectivity index (χ4v) is 1.35. The Labute approximate surface area is 115 Å². The Morgan fingerprint density at radius 2 is 1.79 bits per heavy atom. The molecule has 0 heterocycles. The highest BCUT2D eigenvalue weighted by molar-refractivity contribution is 5.85. The smallest absolute Gasteiger partial charge is 0.408 e. The van der Waals surface area contributed by atoms with Crippen LogP contribution >= 0.6 is 0 Å². The van der Waals surface area contributed by atoms with E-state index in [4.69, 9.17) is 9.47 Å². The molecule has 0 aromatic rings. The fourth-order valence-electron chi connectivity index (χ4n) is 1.35. The van der Waals surface area contributed by atoms with E-state index in [1.165, 1.54) is 0 Å². The molecular weight excluding hydrogens is 246 g/mol. The van der Waals surface area contributed by atoms with Crippen molar-refractivity contribution >= 4 is 12.1 Å². The van der Waals surface area contributed by atoms with Gasteiger partial charge in [-0.1, -0.05) is 6.08 Å². The first-order chi connectivity index (χ1) is 8.50. The van der Waals surface area contributed by atoms with E-state index in [2.05, 4.69) is 11.9 Å². The second-order valence-corrected chi connectivity index (χ2v) is 5.91. The Hall–Kier alpha value is -1.52. The number of ether oxygens (including phenoxy) is 2. The van der Waals surface area contributed by atoms with Gasteiger partial charge in [0.1, 0.15) is 11.1 Å². The van der Waals surface area contributed by atoms with E-state index in [1.54, 1.807) is 47.6 Å². The highest BCUT2D eigenvalue weighted by atomic mass is 16.6. The molecule has 0 saturated carbocycles. The van der Waals surface area contributed by atoms with Crippen LogP contribution in [0.1, 0.15) is 48.0 Å². The number of amides is 1. The number of carbonyl (C=O) groups excluding carboxylic acids is 2. The number of rotatable bonds is 5. The van der Waals surface area contributed by atoms with Crippen LogP contribution in [-0.4, -0.2) is 29.3 Å². The summed E-state index contributed by atoms with van der Waals surface area (Å²) in [6.07, 6.45) is 0.908. The van der Waals surface area contributed by atoms with E-state index in [-0.39, 0.29) is 12.5 Å². The molecule has 0 aliphatic heterocycles. The summed E-state index contributed by atoms with van der Waals surface area (Å²) >= 11 is 0. The predicted octanol–water partition coefficient (Wildman–Crippen LogP) is 2.80. The number of carbonyl (C=O) groups is 2. The highest BCUT2D eigenvalue weighted by Crippen LogP contribution is 2.16. The van der Waals surface area contributed by atoms with Gasteiger partial charge in [0.15, 0.2) is 0 Å². The summed E-state index contributed by atoms with van der Waals surface area (Å²) < 4.78 is 10.3. The summed E-state index contributed by atoms with van der Waals surface area (Å²) in [6.45, 7) is 13.9. The number of nitrogens with one attached hydrogen (secondary N) is 1. The topological polar surface area (TPSA) is 64.6 Å². The Kier molecular flexibility index (Phi) is 6.06. The maximum Gasteiger partial charge on any atom is 0.408 e. The lowest BCUT2D eigenvalue weighted by molar-refractivity contribution is -0.154. The first-order valence-electron chi connectivity index (χ1n) is 6.33. The molecule has 5 heteroatoms. The molecule has 1 amide bonds. The van der Waals surface area contributed by atoms with Gasteiger partial charge in [0, 0.05) is 0 Å². The van der Waals surface area contributed by atoms with Crippen LogP contribution in [0.4, 0.5) is 4.79 Å². The van der Waals surface area contributed by atoms with Gasteiger partial charge in [-0.2, -0.15) is 0 Å². The monoisotopic (exact) mass is 271 g/mol. The third kappa shape index (κ3) is 6.84. The van der Waals surface area contributed by atoms with Gasteiger partial charge in [-0.3, -0.25) is 0 Å². The molecule has 1 atom stereocenters. The molecule has 0 unspecified atom stereocenters. The highest BCUT2D eigenvalue weighted by Gasteiger charge is 2.37. The van der Waals surface area contributed by atoms with E-state index in [1.807, 2.05) is 0 Å². The molecule has 0 aromatic carbocycles. The average molecular weight is 271 g/mol. The van der Waals surface area contributed by atoms with Crippen LogP contribution in [0.3, 0.4) is 0 Å². The summed E-state index contributed by atoms with van der Waals surface area (Å²) in [5, 5.41) is 2.55. The van der Waals surface area contributed by atoms with Crippen LogP contribution in [0.5, 0.6) is 0 Å². The van der Waals surface area contributed by atoms with E-state index in [0.29, 0.717) is 0 Å². The second-order valence-electron chi connectivity index (χ2n) is 5.91. The van der Waals surface area contributed by atoms with Crippen molar-refractivity contribution < 1.29 is 19.1 Å². The van der Waals surface area contributed by atoms with Crippen LogP contribution in [-0.2, 0) is 14.3 Å². The summed E-state index contributed by atoms with van der Waals surface area (Å²) in [5.74, 6) is -0.506. The summed E-state index contributed by atoms with van der Waals surface area (Å²) in [7, 11) is 0. The van der Waals surface area contributed by atoms with Crippen LogP contribution in [0, 0.1) is 0 Å². The zero-order chi connectivity index (χ0) is 15.3. The zero-order valence-corrected chi connectivity index (χ0v) is 12.7. The SMILES string of the molecule is C=CC[C@](C)(NC(=O)OC(C)(C)C)C(=O)OC(C)C. The minimum atomic E-state index is -1.17. The van der Waals surface area contributed by atoms with Crippen molar-refractivity contribution in [3.8, 4) is 0 Å². The molecule has 1 N–H and O–H groups in total. The van der Waals surface area contributed by atoms with Crippen molar-refractivity contribution in [2.24, 2.45) is 0 Å². The molecule has 110 valence electrons. The van der Waals surface area contributed by atoms with Gasteiger partial charge in [-0.25, -0.2) is 9.59 Å². The van der Waals surface area contributed by atoms with Crippen molar-refractivity contribution in [1.82, 2.24) is 5.32 Å². The Morgan fingerprint density at radius 1 is 1.26 bits per heavy atom. The van der Waals surface area contributed by atoms with Gasteiger partial charge < -0.3 is 14.8 Å².